The highest BCUT2D eigenvalue weighted by Gasteiger charge is 1.85. The third-order valence-corrected chi connectivity index (χ3v) is 2.47. The van der Waals surface area contributed by atoms with Crippen molar-refractivity contribution in [1.82, 2.24) is 0 Å². The minimum absolute atomic E-state index is 0.720. The average Bonchev–Trinajstić information content (AvgIpc) is 2.35. The second-order valence-corrected chi connectivity index (χ2v) is 4.10. The molecule has 1 heteroatoms. The van der Waals surface area contributed by atoms with Gasteiger partial charge in [0.2, 0.25) is 0 Å². The van der Waals surface area contributed by atoms with Crippen molar-refractivity contribution in [2.45, 2.75) is 58.3 Å². The van der Waals surface area contributed by atoms with Gasteiger partial charge in [-0.05, 0) is 38.5 Å². The Labute approximate surface area is 106 Å². The monoisotopic (exact) mass is 234 g/mol. The lowest BCUT2D eigenvalue weighted by molar-refractivity contribution is -0.107. The van der Waals surface area contributed by atoms with Gasteiger partial charge in [-0.2, -0.15) is 0 Å². The van der Waals surface area contributed by atoms with Crippen molar-refractivity contribution in [3.05, 3.63) is 36.5 Å². The Hall–Kier alpha value is -1.11. The zero-order chi connectivity index (χ0) is 12.6. The standard InChI is InChI=1S/C16H26O/c1-2-3-4-5-6-7-8-9-10-11-12-13-14-15-16-17/h3-4,6-7,9-10,16H,2,5,8,11-15H2,1H3. The van der Waals surface area contributed by atoms with Crippen LogP contribution in [0.15, 0.2) is 36.5 Å². The van der Waals surface area contributed by atoms with Crippen molar-refractivity contribution in [2.75, 3.05) is 0 Å². The summed E-state index contributed by atoms with van der Waals surface area (Å²) in [5, 5.41) is 0. The molecule has 0 radical (unpaired) electrons. The van der Waals surface area contributed by atoms with Crippen LogP contribution in [0.1, 0.15) is 58.3 Å². The van der Waals surface area contributed by atoms with Crippen LogP contribution in [0.25, 0.3) is 0 Å². The molecule has 0 unspecified atom stereocenters. The van der Waals surface area contributed by atoms with E-state index in [9.17, 15) is 4.79 Å². The highest BCUT2D eigenvalue weighted by atomic mass is 16.1. The molecule has 0 heterocycles. The molecule has 0 saturated carbocycles. The predicted octanol–water partition coefficient (Wildman–Crippen LogP) is 4.99. The minimum Gasteiger partial charge on any atom is -0.303 e. The summed E-state index contributed by atoms with van der Waals surface area (Å²) >= 11 is 0. The predicted molar refractivity (Wildman–Crippen MR) is 76.1 cm³/mol. The molecule has 0 spiro atoms. The SMILES string of the molecule is CCC=CCC=CCC=CCCCCCC=O. The van der Waals surface area contributed by atoms with Crippen molar-refractivity contribution in [1.29, 1.82) is 0 Å². The Morgan fingerprint density at radius 1 is 0.706 bits per heavy atom. The van der Waals surface area contributed by atoms with Crippen molar-refractivity contribution in [3.8, 4) is 0 Å². The van der Waals surface area contributed by atoms with Gasteiger partial charge >= 0.3 is 0 Å². The first-order valence-corrected chi connectivity index (χ1v) is 6.80. The normalized spacial score (nSPS) is 12.1. The fourth-order valence-electron chi connectivity index (χ4n) is 1.49. The van der Waals surface area contributed by atoms with Gasteiger partial charge in [0.05, 0.1) is 0 Å². The molecular weight excluding hydrogens is 208 g/mol. The minimum atomic E-state index is 0.720. The number of unbranched alkanes of at least 4 members (excludes halogenated alkanes) is 4. The topological polar surface area (TPSA) is 17.1 Å². The highest BCUT2D eigenvalue weighted by Crippen LogP contribution is 2.03. The number of rotatable bonds is 11. The molecule has 1 nitrogen and oxygen atoms in total. The number of allylic oxidation sites excluding steroid dienone is 6. The van der Waals surface area contributed by atoms with Gasteiger partial charge in [-0.25, -0.2) is 0 Å². The summed E-state index contributed by atoms with van der Waals surface area (Å²) in [5.41, 5.74) is 0. The fourth-order valence-corrected chi connectivity index (χ4v) is 1.49. The van der Waals surface area contributed by atoms with E-state index in [1.54, 1.807) is 0 Å². The van der Waals surface area contributed by atoms with Crippen LogP contribution in [-0.2, 0) is 4.79 Å². The first-order valence-electron chi connectivity index (χ1n) is 6.80. The summed E-state index contributed by atoms with van der Waals surface area (Å²) in [6.45, 7) is 2.15. The van der Waals surface area contributed by atoms with Gasteiger partial charge in [-0.15, -0.1) is 0 Å². The number of carbonyl (C=O) groups is 1. The molecular formula is C16H26O. The maximum Gasteiger partial charge on any atom is 0.119 e. The van der Waals surface area contributed by atoms with Crippen molar-refractivity contribution in [3.63, 3.8) is 0 Å². The van der Waals surface area contributed by atoms with E-state index in [2.05, 4.69) is 43.4 Å². The molecule has 0 amide bonds. The van der Waals surface area contributed by atoms with Crippen LogP contribution in [0.3, 0.4) is 0 Å². The van der Waals surface area contributed by atoms with Gasteiger partial charge in [-0.3, -0.25) is 0 Å². The van der Waals surface area contributed by atoms with Crippen LogP contribution in [0.5, 0.6) is 0 Å². The summed E-state index contributed by atoms with van der Waals surface area (Å²) in [5.74, 6) is 0. The molecule has 0 aromatic carbocycles. The van der Waals surface area contributed by atoms with E-state index in [0.717, 1.165) is 44.8 Å². The molecule has 0 aliphatic heterocycles. The first kappa shape index (κ1) is 15.9. The Morgan fingerprint density at radius 2 is 1.29 bits per heavy atom. The van der Waals surface area contributed by atoms with Gasteiger partial charge in [-0.1, -0.05) is 49.8 Å². The van der Waals surface area contributed by atoms with Crippen LogP contribution in [-0.4, -0.2) is 6.29 Å². The molecule has 17 heavy (non-hydrogen) atoms. The van der Waals surface area contributed by atoms with E-state index in [4.69, 9.17) is 0 Å². The molecule has 0 atom stereocenters. The largest absolute Gasteiger partial charge is 0.303 e. The van der Waals surface area contributed by atoms with Gasteiger partial charge in [0.25, 0.3) is 0 Å². The zero-order valence-corrected chi connectivity index (χ0v) is 11.1. The smallest absolute Gasteiger partial charge is 0.119 e. The lowest BCUT2D eigenvalue weighted by atomic mass is 10.1. The van der Waals surface area contributed by atoms with Gasteiger partial charge in [0.15, 0.2) is 0 Å². The fraction of sp³-hybridized carbons (Fsp3) is 0.562. The number of hydrogen-bond donors (Lipinski definition) is 0. The van der Waals surface area contributed by atoms with E-state index in [0.29, 0.717) is 0 Å². The van der Waals surface area contributed by atoms with E-state index < -0.39 is 0 Å². The summed E-state index contributed by atoms with van der Waals surface area (Å²) < 4.78 is 0. The molecule has 0 saturated heterocycles. The molecule has 0 N–H and O–H groups in total. The van der Waals surface area contributed by atoms with Crippen LogP contribution < -0.4 is 0 Å². The summed E-state index contributed by atoms with van der Waals surface area (Å²) in [4.78, 5) is 10.1. The lowest BCUT2D eigenvalue weighted by Crippen LogP contribution is -1.77. The molecule has 0 aliphatic rings. The van der Waals surface area contributed by atoms with E-state index in [1.165, 1.54) is 12.8 Å². The molecule has 0 bridgehead atoms. The Kier molecular flexibility index (Phi) is 13.9. The van der Waals surface area contributed by atoms with E-state index in [1.807, 2.05) is 0 Å². The highest BCUT2D eigenvalue weighted by molar-refractivity contribution is 5.48. The second-order valence-electron chi connectivity index (χ2n) is 4.10. The molecule has 0 aromatic heterocycles. The average molecular weight is 234 g/mol. The van der Waals surface area contributed by atoms with Gasteiger partial charge in [0.1, 0.15) is 6.29 Å². The Morgan fingerprint density at radius 3 is 1.94 bits per heavy atom. The van der Waals surface area contributed by atoms with Crippen molar-refractivity contribution < 1.29 is 4.79 Å². The van der Waals surface area contributed by atoms with Crippen LogP contribution in [0.2, 0.25) is 0 Å². The lowest BCUT2D eigenvalue weighted by Gasteiger charge is -1.93. The van der Waals surface area contributed by atoms with E-state index >= 15 is 0 Å². The summed E-state index contributed by atoms with van der Waals surface area (Å²) in [7, 11) is 0. The van der Waals surface area contributed by atoms with E-state index in [-0.39, 0.29) is 0 Å². The summed E-state index contributed by atoms with van der Waals surface area (Å²) in [6.07, 6.45) is 22.8. The molecule has 0 aliphatic carbocycles. The second kappa shape index (κ2) is 14.9. The van der Waals surface area contributed by atoms with Crippen LogP contribution in [0, 0.1) is 0 Å². The van der Waals surface area contributed by atoms with Crippen molar-refractivity contribution in [2.24, 2.45) is 0 Å². The zero-order valence-electron chi connectivity index (χ0n) is 11.1. The molecule has 0 aromatic rings. The molecule has 0 rings (SSSR count). The van der Waals surface area contributed by atoms with Gasteiger partial charge in [0, 0.05) is 6.42 Å². The number of aldehydes is 1. The third-order valence-electron chi connectivity index (χ3n) is 2.47. The Bertz CT molecular complexity index is 236. The number of hydrogen-bond acceptors (Lipinski definition) is 1. The van der Waals surface area contributed by atoms with Crippen molar-refractivity contribution >= 4 is 6.29 Å². The molecule has 96 valence electrons. The van der Waals surface area contributed by atoms with Crippen LogP contribution >= 0.6 is 0 Å². The quantitative estimate of drug-likeness (QED) is 0.279. The third kappa shape index (κ3) is 14.9. The molecule has 0 fully saturated rings. The first-order chi connectivity index (χ1) is 8.41. The van der Waals surface area contributed by atoms with Crippen LogP contribution in [0.4, 0.5) is 0 Å². The maximum absolute atomic E-state index is 10.1. The summed E-state index contributed by atoms with van der Waals surface area (Å²) in [6, 6.07) is 0. The maximum atomic E-state index is 10.1. The number of carbonyl (C=O) groups excluding carboxylic acids is 1. The van der Waals surface area contributed by atoms with Gasteiger partial charge < -0.3 is 4.79 Å². The Balaban J connectivity index is 3.24.